The lowest BCUT2D eigenvalue weighted by Crippen LogP contribution is -2.47. The second kappa shape index (κ2) is 8.42. The van der Waals surface area contributed by atoms with Crippen LogP contribution in [0.4, 0.5) is 4.79 Å². The van der Waals surface area contributed by atoms with Crippen molar-refractivity contribution in [1.29, 1.82) is 0 Å². The molecule has 5 amide bonds. The summed E-state index contributed by atoms with van der Waals surface area (Å²) in [5.41, 5.74) is 2.32. The summed E-state index contributed by atoms with van der Waals surface area (Å²) >= 11 is 0. The molecule has 1 saturated carbocycles. The molecule has 1 aliphatic carbocycles. The molecule has 30 heavy (non-hydrogen) atoms. The average Bonchev–Trinajstić information content (AvgIpc) is 2.98. The third kappa shape index (κ3) is 3.76. The first-order chi connectivity index (χ1) is 14.5. The summed E-state index contributed by atoms with van der Waals surface area (Å²) in [7, 11) is 0. The van der Waals surface area contributed by atoms with Crippen molar-refractivity contribution in [3.8, 4) is 0 Å². The lowest BCUT2D eigenvalue weighted by Gasteiger charge is -2.34. The Morgan fingerprint density at radius 3 is 2.43 bits per heavy atom. The van der Waals surface area contributed by atoms with Crippen LogP contribution in [0.1, 0.15) is 44.6 Å². The number of rotatable bonds is 4. The van der Waals surface area contributed by atoms with Gasteiger partial charge in [0.15, 0.2) is 0 Å². The van der Waals surface area contributed by atoms with Crippen molar-refractivity contribution in [3.63, 3.8) is 0 Å². The highest BCUT2D eigenvalue weighted by Gasteiger charge is 2.49. The molecule has 158 valence electrons. The molecule has 1 saturated heterocycles. The Labute approximate surface area is 176 Å². The van der Waals surface area contributed by atoms with Crippen LogP contribution in [0.15, 0.2) is 36.4 Å². The largest absolute Gasteiger partial charge is 0.337 e. The highest BCUT2D eigenvalue weighted by Crippen LogP contribution is 2.31. The molecule has 2 heterocycles. The molecule has 2 fully saturated rings. The van der Waals surface area contributed by atoms with Crippen molar-refractivity contribution in [2.75, 3.05) is 19.6 Å². The van der Waals surface area contributed by atoms with Crippen molar-refractivity contribution < 1.29 is 19.2 Å². The van der Waals surface area contributed by atoms with Crippen LogP contribution in [0.2, 0.25) is 0 Å². The molecule has 3 aliphatic rings. The fourth-order valence-electron chi connectivity index (χ4n) is 4.68. The van der Waals surface area contributed by atoms with Crippen molar-refractivity contribution in [1.82, 2.24) is 14.7 Å². The van der Waals surface area contributed by atoms with Crippen molar-refractivity contribution >= 4 is 29.3 Å². The van der Waals surface area contributed by atoms with E-state index in [-0.39, 0.29) is 24.4 Å². The van der Waals surface area contributed by atoms with Crippen LogP contribution in [0.3, 0.4) is 0 Å². The van der Waals surface area contributed by atoms with Gasteiger partial charge in [0.1, 0.15) is 6.54 Å². The number of hydrogen-bond acceptors (Lipinski definition) is 4. The predicted octanol–water partition coefficient (Wildman–Crippen LogP) is 2.67. The van der Waals surface area contributed by atoms with Crippen LogP contribution in [0.25, 0.3) is 5.57 Å². The Bertz CT molecular complexity index is 895. The van der Waals surface area contributed by atoms with E-state index in [1.807, 2.05) is 43.3 Å². The molecule has 7 heteroatoms. The van der Waals surface area contributed by atoms with Crippen LogP contribution in [0, 0.1) is 5.92 Å². The van der Waals surface area contributed by atoms with Crippen LogP contribution in [-0.4, -0.2) is 64.1 Å². The number of urea groups is 1. The molecule has 1 aromatic carbocycles. The second-order valence-electron chi connectivity index (χ2n) is 8.36. The molecule has 1 aromatic rings. The number of hydrogen-bond donors (Lipinski definition) is 0. The molecule has 0 radical (unpaired) electrons. The van der Waals surface area contributed by atoms with Crippen molar-refractivity contribution in [2.45, 2.75) is 45.1 Å². The number of benzene rings is 1. The Morgan fingerprint density at radius 2 is 1.77 bits per heavy atom. The highest BCUT2D eigenvalue weighted by molar-refractivity contribution is 6.45. The topological polar surface area (TPSA) is 78.0 Å². The zero-order chi connectivity index (χ0) is 21.3. The average molecular weight is 409 g/mol. The summed E-state index contributed by atoms with van der Waals surface area (Å²) < 4.78 is 0. The predicted molar refractivity (Wildman–Crippen MR) is 111 cm³/mol. The Hall–Kier alpha value is -2.96. The van der Waals surface area contributed by atoms with E-state index in [2.05, 4.69) is 0 Å². The van der Waals surface area contributed by atoms with Gasteiger partial charge in [-0.25, -0.2) is 9.69 Å². The quantitative estimate of drug-likeness (QED) is 0.566. The van der Waals surface area contributed by atoms with Gasteiger partial charge in [0.2, 0.25) is 5.91 Å². The minimum Gasteiger partial charge on any atom is -0.337 e. The van der Waals surface area contributed by atoms with E-state index < -0.39 is 17.8 Å². The maximum Gasteiger partial charge on any atom is 0.334 e. The minimum atomic E-state index is -0.886. The summed E-state index contributed by atoms with van der Waals surface area (Å²) in [6, 6.07) is 9.10. The van der Waals surface area contributed by atoms with E-state index in [4.69, 9.17) is 0 Å². The van der Waals surface area contributed by atoms with Gasteiger partial charge in [-0.1, -0.05) is 56.2 Å². The minimum absolute atomic E-state index is 0.166. The maximum atomic E-state index is 12.9. The Balaban J connectivity index is 1.41. The molecular weight excluding hydrogens is 382 g/mol. The third-order valence-corrected chi connectivity index (χ3v) is 6.48. The van der Waals surface area contributed by atoms with Crippen LogP contribution >= 0.6 is 0 Å². The van der Waals surface area contributed by atoms with Gasteiger partial charge in [-0.15, -0.1) is 0 Å². The molecular formula is C23H27N3O4. The SMILES string of the molecule is C[C@@H]1CCCC[C@@H]1N1C(=O)C(=O)N(CC(=O)N2CC=C(c3ccccc3)CC2)C1=O. The van der Waals surface area contributed by atoms with E-state index >= 15 is 0 Å². The molecule has 2 atom stereocenters. The van der Waals surface area contributed by atoms with E-state index in [9.17, 15) is 19.2 Å². The van der Waals surface area contributed by atoms with Crippen LogP contribution < -0.4 is 0 Å². The molecule has 0 spiro atoms. The molecule has 4 rings (SSSR count). The van der Waals surface area contributed by atoms with Gasteiger partial charge in [-0.2, -0.15) is 0 Å². The van der Waals surface area contributed by atoms with Gasteiger partial charge in [0.25, 0.3) is 0 Å². The number of nitrogens with zero attached hydrogens (tertiary/aromatic N) is 3. The van der Waals surface area contributed by atoms with Gasteiger partial charge in [0.05, 0.1) is 0 Å². The van der Waals surface area contributed by atoms with Gasteiger partial charge >= 0.3 is 17.8 Å². The Kier molecular flexibility index (Phi) is 5.70. The van der Waals surface area contributed by atoms with E-state index in [0.29, 0.717) is 25.9 Å². The molecule has 7 nitrogen and oxygen atoms in total. The first-order valence-corrected chi connectivity index (χ1v) is 10.7. The van der Waals surface area contributed by atoms with Crippen LogP contribution in [0.5, 0.6) is 0 Å². The van der Waals surface area contributed by atoms with E-state index in [1.165, 1.54) is 5.57 Å². The van der Waals surface area contributed by atoms with Crippen LogP contribution in [-0.2, 0) is 14.4 Å². The molecule has 2 aliphatic heterocycles. The monoisotopic (exact) mass is 409 g/mol. The highest BCUT2D eigenvalue weighted by atomic mass is 16.2. The second-order valence-corrected chi connectivity index (χ2v) is 8.36. The van der Waals surface area contributed by atoms with E-state index in [1.54, 1.807) is 4.90 Å². The van der Waals surface area contributed by atoms with Gasteiger partial charge in [-0.3, -0.25) is 19.3 Å². The summed E-state index contributed by atoms with van der Waals surface area (Å²) in [6.45, 7) is 2.58. The first-order valence-electron chi connectivity index (χ1n) is 10.7. The summed E-state index contributed by atoms with van der Waals surface area (Å²) in [4.78, 5) is 54.1. The van der Waals surface area contributed by atoms with Crippen molar-refractivity contribution in [3.05, 3.63) is 42.0 Å². The summed E-state index contributed by atoms with van der Waals surface area (Å²) in [5, 5.41) is 0. The van der Waals surface area contributed by atoms with Gasteiger partial charge < -0.3 is 4.90 Å². The first kappa shape index (κ1) is 20.3. The van der Waals surface area contributed by atoms with E-state index in [0.717, 1.165) is 34.6 Å². The van der Waals surface area contributed by atoms with Gasteiger partial charge in [-0.05, 0) is 36.3 Å². The molecule has 0 bridgehead atoms. The molecule has 0 aromatic heterocycles. The van der Waals surface area contributed by atoms with Crippen molar-refractivity contribution in [2.24, 2.45) is 5.92 Å². The zero-order valence-corrected chi connectivity index (χ0v) is 17.3. The fraction of sp³-hybridized carbons (Fsp3) is 0.478. The zero-order valence-electron chi connectivity index (χ0n) is 17.3. The lowest BCUT2D eigenvalue weighted by molar-refractivity contribution is -0.145. The summed E-state index contributed by atoms with van der Waals surface area (Å²) in [6.07, 6.45) is 6.36. The number of carbonyl (C=O) groups is 4. The number of imide groups is 2. The standard InChI is InChI=1S/C23H27N3O4/c1-16-7-5-6-10-19(16)26-22(29)21(28)25(23(26)30)15-20(27)24-13-11-18(12-14-24)17-8-3-2-4-9-17/h2-4,8-9,11,16,19H,5-7,10,12-15H2,1H3/t16-,19+/m1/s1. The molecule has 0 N–H and O–H groups in total. The summed E-state index contributed by atoms with van der Waals surface area (Å²) in [5.74, 6) is -1.83. The lowest BCUT2D eigenvalue weighted by atomic mass is 9.85. The maximum absolute atomic E-state index is 12.9. The fourth-order valence-corrected chi connectivity index (χ4v) is 4.68. The smallest absolute Gasteiger partial charge is 0.334 e. The normalized spacial score (nSPS) is 25.0. The Morgan fingerprint density at radius 1 is 1.03 bits per heavy atom. The molecule has 0 unspecified atom stereocenters. The third-order valence-electron chi connectivity index (χ3n) is 6.48. The van der Waals surface area contributed by atoms with Gasteiger partial charge in [0, 0.05) is 19.1 Å². The number of carbonyl (C=O) groups excluding carboxylic acids is 4. The number of amides is 5.